The smallest absolute Gasteiger partial charge is 0.252 e. The van der Waals surface area contributed by atoms with Crippen LogP contribution in [0, 0.1) is 6.92 Å². The van der Waals surface area contributed by atoms with Gasteiger partial charge >= 0.3 is 0 Å². The SMILES string of the molecule is Cc1ccc(S(=O)(=O)N(CCC2=CCCCC2)C2CC(=O)N(c3ccc(-c4nc5ccccc5o4)cc3)C2=O)cc1. The molecule has 3 aromatic carbocycles. The number of imide groups is 1. The lowest BCUT2D eigenvalue weighted by Crippen LogP contribution is -2.46. The lowest BCUT2D eigenvalue weighted by atomic mass is 9.97. The molecule has 9 heteroatoms. The highest BCUT2D eigenvalue weighted by atomic mass is 32.2. The van der Waals surface area contributed by atoms with E-state index >= 15 is 0 Å². The average Bonchev–Trinajstić information content (AvgIpc) is 3.54. The van der Waals surface area contributed by atoms with E-state index in [0.29, 0.717) is 29.1 Å². The number of hydrogen-bond acceptors (Lipinski definition) is 6. The van der Waals surface area contributed by atoms with Gasteiger partial charge in [0.15, 0.2) is 5.58 Å². The van der Waals surface area contributed by atoms with Crippen LogP contribution >= 0.6 is 0 Å². The predicted octanol–water partition coefficient (Wildman–Crippen LogP) is 6.02. The van der Waals surface area contributed by atoms with Crippen LogP contribution in [0.25, 0.3) is 22.6 Å². The van der Waals surface area contributed by atoms with E-state index in [1.807, 2.05) is 31.2 Å². The summed E-state index contributed by atoms with van der Waals surface area (Å²) in [6.07, 6.45) is 6.60. The Balaban J connectivity index is 1.28. The number of carbonyl (C=O) groups excluding carboxylic acids is 2. The van der Waals surface area contributed by atoms with Crippen LogP contribution in [-0.2, 0) is 19.6 Å². The molecule has 0 saturated carbocycles. The number of hydrogen-bond donors (Lipinski definition) is 0. The van der Waals surface area contributed by atoms with Crippen molar-refractivity contribution in [1.29, 1.82) is 0 Å². The molecule has 0 spiro atoms. The fourth-order valence-electron chi connectivity index (χ4n) is 5.54. The Hall–Kier alpha value is -4.08. The van der Waals surface area contributed by atoms with Crippen LogP contribution in [0.5, 0.6) is 0 Å². The second-order valence-electron chi connectivity index (χ2n) is 10.6. The van der Waals surface area contributed by atoms with Gasteiger partial charge in [0, 0.05) is 12.1 Å². The molecule has 1 aromatic heterocycles. The van der Waals surface area contributed by atoms with Gasteiger partial charge in [-0.15, -0.1) is 0 Å². The van der Waals surface area contributed by atoms with Crippen molar-refractivity contribution < 1.29 is 22.4 Å². The summed E-state index contributed by atoms with van der Waals surface area (Å²) in [6.45, 7) is 2.02. The zero-order chi connectivity index (χ0) is 28.6. The van der Waals surface area contributed by atoms with E-state index in [1.165, 1.54) is 9.88 Å². The molecule has 2 aliphatic rings. The Morgan fingerprint density at radius 3 is 2.44 bits per heavy atom. The van der Waals surface area contributed by atoms with Crippen molar-refractivity contribution in [2.75, 3.05) is 11.4 Å². The molecule has 4 aromatic rings. The molecule has 1 aliphatic carbocycles. The second-order valence-corrected chi connectivity index (χ2v) is 12.5. The maximum atomic E-state index is 13.9. The molecular formula is C32H31N3O5S. The summed E-state index contributed by atoms with van der Waals surface area (Å²) in [5.74, 6) is -0.546. The summed E-state index contributed by atoms with van der Waals surface area (Å²) in [6, 6.07) is 19.7. The molecule has 8 nitrogen and oxygen atoms in total. The van der Waals surface area contributed by atoms with Crippen molar-refractivity contribution in [3.8, 4) is 11.5 Å². The topological polar surface area (TPSA) is 101 Å². The van der Waals surface area contributed by atoms with Crippen molar-refractivity contribution in [1.82, 2.24) is 9.29 Å². The molecule has 0 N–H and O–H groups in total. The first-order valence-electron chi connectivity index (χ1n) is 13.9. The molecule has 0 bridgehead atoms. The summed E-state index contributed by atoms with van der Waals surface area (Å²) >= 11 is 0. The van der Waals surface area contributed by atoms with E-state index in [4.69, 9.17) is 4.42 Å². The highest BCUT2D eigenvalue weighted by Gasteiger charge is 2.46. The minimum Gasteiger partial charge on any atom is -0.436 e. The Bertz CT molecular complexity index is 1710. The van der Waals surface area contributed by atoms with Crippen LogP contribution in [0.4, 0.5) is 5.69 Å². The Morgan fingerprint density at radius 1 is 0.976 bits per heavy atom. The molecule has 1 fully saturated rings. The maximum Gasteiger partial charge on any atom is 0.252 e. The summed E-state index contributed by atoms with van der Waals surface area (Å²) in [7, 11) is -4.03. The van der Waals surface area contributed by atoms with Crippen molar-refractivity contribution in [3.63, 3.8) is 0 Å². The van der Waals surface area contributed by atoms with Crippen LogP contribution in [0.15, 0.2) is 93.8 Å². The van der Waals surface area contributed by atoms with Gasteiger partial charge in [-0.2, -0.15) is 4.31 Å². The number of aromatic nitrogens is 1. The van der Waals surface area contributed by atoms with Gasteiger partial charge in [0.25, 0.3) is 5.91 Å². The summed E-state index contributed by atoms with van der Waals surface area (Å²) < 4.78 is 34.8. The average molecular weight is 570 g/mol. The molecule has 1 unspecified atom stereocenters. The Kier molecular flexibility index (Phi) is 7.32. The van der Waals surface area contributed by atoms with E-state index in [-0.39, 0.29) is 17.9 Å². The van der Waals surface area contributed by atoms with Gasteiger partial charge in [0.2, 0.25) is 21.8 Å². The molecule has 1 aliphatic heterocycles. The third kappa shape index (κ3) is 5.35. The van der Waals surface area contributed by atoms with Crippen molar-refractivity contribution >= 4 is 38.6 Å². The number of para-hydroxylation sites is 2. The molecule has 0 radical (unpaired) electrons. The van der Waals surface area contributed by atoms with E-state index in [1.54, 1.807) is 48.5 Å². The molecule has 1 atom stereocenters. The van der Waals surface area contributed by atoms with Crippen LogP contribution in [0.2, 0.25) is 0 Å². The maximum absolute atomic E-state index is 13.9. The van der Waals surface area contributed by atoms with Crippen LogP contribution in [0.1, 0.15) is 44.1 Å². The fourth-order valence-corrected chi connectivity index (χ4v) is 7.12. The molecule has 41 heavy (non-hydrogen) atoms. The Labute approximate surface area is 239 Å². The molecule has 6 rings (SSSR count). The van der Waals surface area contributed by atoms with Gasteiger partial charge in [0.1, 0.15) is 11.6 Å². The van der Waals surface area contributed by atoms with Crippen molar-refractivity contribution in [3.05, 3.63) is 90.0 Å². The lowest BCUT2D eigenvalue weighted by molar-refractivity contribution is -0.122. The quantitative estimate of drug-likeness (QED) is 0.190. The van der Waals surface area contributed by atoms with Gasteiger partial charge in [-0.25, -0.2) is 18.3 Å². The van der Waals surface area contributed by atoms with Crippen LogP contribution in [0.3, 0.4) is 0 Å². The van der Waals surface area contributed by atoms with Gasteiger partial charge in [-0.3, -0.25) is 9.59 Å². The number of benzene rings is 3. The number of oxazole rings is 1. The largest absolute Gasteiger partial charge is 0.436 e. The highest BCUT2D eigenvalue weighted by molar-refractivity contribution is 7.89. The number of allylic oxidation sites excluding steroid dienone is 1. The predicted molar refractivity (Wildman–Crippen MR) is 157 cm³/mol. The first kappa shape index (κ1) is 27.1. The van der Waals surface area contributed by atoms with Gasteiger partial charge < -0.3 is 4.42 Å². The molecular weight excluding hydrogens is 538 g/mol. The standard InChI is InChI=1S/C32H31N3O5S/c1-22-11-17-26(18-12-22)41(38,39)34(20-19-23-7-3-2-4-8-23)28-21-30(36)35(32(28)37)25-15-13-24(14-16-25)31-33-27-9-5-6-10-29(27)40-31/h5-7,9-18,28H,2-4,8,19-21H2,1H3. The van der Waals surface area contributed by atoms with Crippen molar-refractivity contribution in [2.24, 2.45) is 0 Å². The molecule has 2 amide bonds. The number of carbonyl (C=O) groups is 2. The number of aryl methyl sites for hydroxylation is 1. The monoisotopic (exact) mass is 569 g/mol. The third-order valence-corrected chi connectivity index (χ3v) is 9.73. The fraction of sp³-hybridized carbons (Fsp3) is 0.281. The first-order chi connectivity index (χ1) is 19.8. The summed E-state index contributed by atoms with van der Waals surface area (Å²) in [5.41, 5.74) is 4.61. The molecule has 210 valence electrons. The van der Waals surface area contributed by atoms with E-state index in [9.17, 15) is 18.0 Å². The normalized spacial score (nSPS) is 18.0. The third-order valence-electron chi connectivity index (χ3n) is 7.80. The first-order valence-corrected chi connectivity index (χ1v) is 15.3. The number of fused-ring (bicyclic) bond motifs is 1. The lowest BCUT2D eigenvalue weighted by Gasteiger charge is -2.28. The highest BCUT2D eigenvalue weighted by Crippen LogP contribution is 2.32. The minimum atomic E-state index is -4.03. The van der Waals surface area contributed by atoms with E-state index in [2.05, 4.69) is 11.1 Å². The van der Waals surface area contributed by atoms with Crippen LogP contribution in [-0.4, -0.2) is 42.1 Å². The molecule has 1 saturated heterocycles. The van der Waals surface area contributed by atoms with Crippen molar-refractivity contribution in [2.45, 2.75) is 56.4 Å². The number of sulfonamides is 1. The van der Waals surface area contributed by atoms with Gasteiger partial charge in [-0.05, 0) is 87.6 Å². The van der Waals surface area contributed by atoms with Crippen LogP contribution < -0.4 is 4.90 Å². The Morgan fingerprint density at radius 2 is 1.73 bits per heavy atom. The number of rotatable bonds is 8. The number of nitrogens with zero attached hydrogens (tertiary/aromatic N) is 3. The summed E-state index contributed by atoms with van der Waals surface area (Å²) in [5, 5.41) is 0. The van der Waals surface area contributed by atoms with Gasteiger partial charge in [0.05, 0.1) is 17.0 Å². The van der Waals surface area contributed by atoms with E-state index < -0.39 is 27.9 Å². The van der Waals surface area contributed by atoms with Gasteiger partial charge in [-0.1, -0.05) is 41.5 Å². The molecule has 2 heterocycles. The minimum absolute atomic E-state index is 0.113. The zero-order valence-electron chi connectivity index (χ0n) is 22.8. The number of anilines is 1. The second kappa shape index (κ2) is 11.1. The zero-order valence-corrected chi connectivity index (χ0v) is 23.6. The van der Waals surface area contributed by atoms with E-state index in [0.717, 1.165) is 41.7 Å². The number of amides is 2. The summed E-state index contributed by atoms with van der Waals surface area (Å²) in [4.78, 5) is 32.7.